The maximum Gasteiger partial charge on any atom is 0.140 e. The SMILES string of the molecule is COCCN(Cc1ccc(C#N)cc1)c1ncnc2ccc(Br)cc12. The summed E-state index contributed by atoms with van der Waals surface area (Å²) in [4.78, 5) is 11.0. The van der Waals surface area contributed by atoms with E-state index in [1.165, 1.54) is 0 Å². The van der Waals surface area contributed by atoms with Gasteiger partial charge in [0.25, 0.3) is 0 Å². The summed E-state index contributed by atoms with van der Waals surface area (Å²) in [5, 5.41) is 9.94. The quantitative estimate of drug-likeness (QED) is 0.631. The van der Waals surface area contributed by atoms with E-state index in [1.807, 2.05) is 42.5 Å². The van der Waals surface area contributed by atoms with Crippen LogP contribution in [0, 0.1) is 11.3 Å². The van der Waals surface area contributed by atoms with Crippen molar-refractivity contribution in [3.63, 3.8) is 0 Å². The summed E-state index contributed by atoms with van der Waals surface area (Å²) in [6.07, 6.45) is 1.59. The first-order valence-corrected chi connectivity index (χ1v) is 8.64. The topological polar surface area (TPSA) is 62.0 Å². The third kappa shape index (κ3) is 4.13. The summed E-state index contributed by atoms with van der Waals surface area (Å²) in [5.41, 5.74) is 2.66. The molecule has 0 aliphatic carbocycles. The second kappa shape index (κ2) is 8.06. The lowest BCUT2D eigenvalue weighted by Gasteiger charge is -2.24. The number of hydrogen-bond donors (Lipinski definition) is 0. The molecule has 0 amide bonds. The fourth-order valence-corrected chi connectivity index (χ4v) is 2.99. The van der Waals surface area contributed by atoms with Crippen molar-refractivity contribution >= 4 is 32.7 Å². The summed E-state index contributed by atoms with van der Waals surface area (Å²) in [7, 11) is 1.69. The molecule has 0 atom stereocenters. The number of nitrogens with zero attached hydrogens (tertiary/aromatic N) is 4. The first kappa shape index (κ1) is 17.3. The molecule has 0 aliphatic rings. The molecule has 0 saturated carbocycles. The Morgan fingerprint density at radius 1 is 1.16 bits per heavy atom. The second-order valence-electron chi connectivity index (χ2n) is 5.58. The van der Waals surface area contributed by atoms with Crippen LogP contribution in [-0.2, 0) is 11.3 Å². The molecule has 25 heavy (non-hydrogen) atoms. The minimum absolute atomic E-state index is 0.593. The average molecular weight is 397 g/mol. The van der Waals surface area contributed by atoms with E-state index in [1.54, 1.807) is 13.4 Å². The predicted octanol–water partition coefficient (Wildman–Crippen LogP) is 3.92. The molecule has 0 unspecified atom stereocenters. The van der Waals surface area contributed by atoms with Crippen LogP contribution >= 0.6 is 15.9 Å². The lowest BCUT2D eigenvalue weighted by molar-refractivity contribution is 0.205. The van der Waals surface area contributed by atoms with Gasteiger partial charge in [-0.2, -0.15) is 5.26 Å². The molecule has 0 radical (unpaired) electrons. The maximum absolute atomic E-state index is 8.95. The number of nitriles is 1. The number of benzene rings is 2. The molecule has 0 aliphatic heterocycles. The van der Waals surface area contributed by atoms with Gasteiger partial charge >= 0.3 is 0 Å². The lowest BCUT2D eigenvalue weighted by atomic mass is 10.1. The Morgan fingerprint density at radius 2 is 1.96 bits per heavy atom. The van der Waals surface area contributed by atoms with Gasteiger partial charge < -0.3 is 9.64 Å². The lowest BCUT2D eigenvalue weighted by Crippen LogP contribution is -2.27. The highest BCUT2D eigenvalue weighted by atomic mass is 79.9. The van der Waals surface area contributed by atoms with Gasteiger partial charge in [0.15, 0.2) is 0 Å². The minimum Gasteiger partial charge on any atom is -0.383 e. The molecule has 0 saturated heterocycles. The van der Waals surface area contributed by atoms with Gasteiger partial charge in [-0.25, -0.2) is 9.97 Å². The highest BCUT2D eigenvalue weighted by Crippen LogP contribution is 2.27. The van der Waals surface area contributed by atoms with Crippen molar-refractivity contribution in [1.29, 1.82) is 5.26 Å². The molecule has 3 rings (SSSR count). The van der Waals surface area contributed by atoms with E-state index in [0.717, 1.165) is 26.8 Å². The summed E-state index contributed by atoms with van der Waals surface area (Å²) >= 11 is 3.52. The second-order valence-corrected chi connectivity index (χ2v) is 6.50. The maximum atomic E-state index is 8.95. The molecule has 2 aromatic carbocycles. The Hall–Kier alpha value is -2.49. The van der Waals surface area contributed by atoms with Gasteiger partial charge in [0, 0.05) is 30.1 Å². The summed E-state index contributed by atoms with van der Waals surface area (Å²) in [6.45, 7) is 1.97. The Bertz CT molecular complexity index is 905. The van der Waals surface area contributed by atoms with Crippen LogP contribution in [0.1, 0.15) is 11.1 Å². The number of ether oxygens (including phenoxy) is 1. The normalized spacial score (nSPS) is 10.6. The van der Waals surface area contributed by atoms with Crippen LogP contribution in [0.4, 0.5) is 5.82 Å². The number of aromatic nitrogens is 2. The van der Waals surface area contributed by atoms with Crippen LogP contribution in [0.15, 0.2) is 53.3 Å². The van der Waals surface area contributed by atoms with Gasteiger partial charge in [0.05, 0.1) is 23.8 Å². The van der Waals surface area contributed by atoms with Crippen molar-refractivity contribution < 1.29 is 4.74 Å². The van der Waals surface area contributed by atoms with E-state index in [9.17, 15) is 0 Å². The van der Waals surface area contributed by atoms with Gasteiger partial charge in [0.1, 0.15) is 12.1 Å². The Balaban J connectivity index is 1.97. The fraction of sp³-hybridized carbons (Fsp3) is 0.211. The summed E-state index contributed by atoms with van der Waals surface area (Å²) in [5.74, 6) is 0.868. The Morgan fingerprint density at radius 3 is 2.68 bits per heavy atom. The Labute approximate surface area is 155 Å². The van der Waals surface area contributed by atoms with E-state index in [0.29, 0.717) is 25.3 Å². The average Bonchev–Trinajstić information content (AvgIpc) is 2.65. The molecule has 1 aromatic heterocycles. The first-order valence-electron chi connectivity index (χ1n) is 7.84. The number of hydrogen-bond acceptors (Lipinski definition) is 5. The van der Waals surface area contributed by atoms with Crippen molar-refractivity contribution in [3.8, 4) is 6.07 Å². The zero-order chi connectivity index (χ0) is 17.6. The van der Waals surface area contributed by atoms with Crippen LogP contribution in [-0.4, -0.2) is 30.2 Å². The molecular formula is C19H17BrN4O. The highest BCUT2D eigenvalue weighted by molar-refractivity contribution is 9.10. The van der Waals surface area contributed by atoms with Crippen LogP contribution in [0.2, 0.25) is 0 Å². The smallest absolute Gasteiger partial charge is 0.140 e. The van der Waals surface area contributed by atoms with Gasteiger partial charge in [-0.1, -0.05) is 28.1 Å². The van der Waals surface area contributed by atoms with Crippen molar-refractivity contribution in [1.82, 2.24) is 9.97 Å². The zero-order valence-electron chi connectivity index (χ0n) is 13.8. The van der Waals surface area contributed by atoms with Gasteiger partial charge in [-0.05, 0) is 35.9 Å². The largest absolute Gasteiger partial charge is 0.383 e. The molecule has 0 spiro atoms. The molecule has 0 N–H and O–H groups in total. The van der Waals surface area contributed by atoms with Crippen molar-refractivity contribution in [2.75, 3.05) is 25.2 Å². The number of fused-ring (bicyclic) bond motifs is 1. The molecule has 0 bridgehead atoms. The van der Waals surface area contributed by atoms with E-state index in [4.69, 9.17) is 10.00 Å². The molecule has 126 valence electrons. The zero-order valence-corrected chi connectivity index (χ0v) is 15.4. The molecule has 6 heteroatoms. The van der Waals surface area contributed by atoms with Crippen molar-refractivity contribution in [2.24, 2.45) is 0 Å². The van der Waals surface area contributed by atoms with Gasteiger partial charge in [-0.3, -0.25) is 0 Å². The van der Waals surface area contributed by atoms with Crippen LogP contribution < -0.4 is 4.90 Å². The molecule has 0 fully saturated rings. The van der Waals surface area contributed by atoms with E-state index in [-0.39, 0.29) is 0 Å². The van der Waals surface area contributed by atoms with Crippen molar-refractivity contribution in [3.05, 3.63) is 64.4 Å². The fourth-order valence-electron chi connectivity index (χ4n) is 2.63. The summed E-state index contributed by atoms with van der Waals surface area (Å²) in [6, 6.07) is 15.7. The van der Waals surface area contributed by atoms with E-state index in [2.05, 4.69) is 36.9 Å². The highest BCUT2D eigenvalue weighted by Gasteiger charge is 2.13. The number of rotatable bonds is 6. The monoisotopic (exact) mass is 396 g/mol. The third-order valence-electron chi connectivity index (χ3n) is 3.90. The Kier molecular flexibility index (Phi) is 5.59. The van der Waals surface area contributed by atoms with Crippen LogP contribution in [0.3, 0.4) is 0 Å². The van der Waals surface area contributed by atoms with Crippen LogP contribution in [0.25, 0.3) is 10.9 Å². The van der Waals surface area contributed by atoms with Crippen LogP contribution in [0.5, 0.6) is 0 Å². The molecule has 1 heterocycles. The minimum atomic E-state index is 0.593. The third-order valence-corrected chi connectivity index (χ3v) is 4.39. The van der Waals surface area contributed by atoms with Gasteiger partial charge in [-0.15, -0.1) is 0 Å². The first-order chi connectivity index (χ1) is 12.2. The van der Waals surface area contributed by atoms with Crippen molar-refractivity contribution in [2.45, 2.75) is 6.54 Å². The number of halogens is 1. The standard InChI is InChI=1S/C19H17BrN4O/c1-25-9-8-24(12-15-4-2-14(11-21)3-5-15)19-17-10-16(20)6-7-18(17)22-13-23-19/h2-7,10,13H,8-9,12H2,1H3. The number of methoxy groups -OCH3 is 1. The molecular weight excluding hydrogens is 380 g/mol. The van der Waals surface area contributed by atoms with E-state index < -0.39 is 0 Å². The number of anilines is 1. The predicted molar refractivity (Wildman–Crippen MR) is 101 cm³/mol. The van der Waals surface area contributed by atoms with Gasteiger partial charge in [0.2, 0.25) is 0 Å². The molecule has 3 aromatic rings. The van der Waals surface area contributed by atoms with E-state index >= 15 is 0 Å². The molecule has 5 nitrogen and oxygen atoms in total. The summed E-state index contributed by atoms with van der Waals surface area (Å²) < 4.78 is 6.25.